The summed E-state index contributed by atoms with van der Waals surface area (Å²) in [7, 11) is 1.54. The van der Waals surface area contributed by atoms with Gasteiger partial charge in [0, 0.05) is 5.56 Å². The van der Waals surface area contributed by atoms with E-state index < -0.39 is 0 Å². The molecule has 0 amide bonds. The molecule has 0 aliphatic carbocycles. The smallest absolute Gasteiger partial charge is 0.106 e. The Bertz CT molecular complexity index is 320. The van der Waals surface area contributed by atoms with Crippen molar-refractivity contribution >= 4 is 5.71 Å². The second-order valence-electron chi connectivity index (χ2n) is 3.79. The summed E-state index contributed by atoms with van der Waals surface area (Å²) in [6.07, 6.45) is 0. The second-order valence-corrected chi connectivity index (χ2v) is 3.79. The van der Waals surface area contributed by atoms with Crippen LogP contribution >= 0.6 is 0 Å². The zero-order chi connectivity index (χ0) is 11.3. The molecule has 0 saturated heterocycles. The summed E-state index contributed by atoms with van der Waals surface area (Å²) < 4.78 is 0. The third-order valence-corrected chi connectivity index (χ3v) is 2.29. The van der Waals surface area contributed by atoms with Crippen LogP contribution in [0.5, 0.6) is 0 Å². The number of hydrogen-bond acceptors (Lipinski definition) is 3. The first-order chi connectivity index (χ1) is 7.16. The fourth-order valence-corrected chi connectivity index (χ4v) is 1.33. The van der Waals surface area contributed by atoms with Gasteiger partial charge in [0.1, 0.15) is 12.8 Å². The van der Waals surface area contributed by atoms with E-state index in [0.29, 0.717) is 5.92 Å². The predicted molar refractivity (Wildman–Crippen MR) is 62.8 cm³/mol. The van der Waals surface area contributed by atoms with Crippen LogP contribution in [-0.4, -0.2) is 18.9 Å². The van der Waals surface area contributed by atoms with Crippen LogP contribution in [0.15, 0.2) is 35.5 Å². The summed E-state index contributed by atoms with van der Waals surface area (Å²) in [5.41, 5.74) is 7.88. The molecule has 0 aliphatic heterocycles. The monoisotopic (exact) mass is 206 g/mol. The molecule has 0 fully saturated rings. The van der Waals surface area contributed by atoms with Gasteiger partial charge in [-0.25, -0.2) is 0 Å². The molecule has 3 heteroatoms. The SMILES string of the molecule is CO/N=C(\c1ccccc1)C(N)C(C)C. The molecule has 1 aromatic carbocycles. The van der Waals surface area contributed by atoms with Crippen molar-refractivity contribution in [1.82, 2.24) is 0 Å². The van der Waals surface area contributed by atoms with E-state index in [0.717, 1.165) is 11.3 Å². The van der Waals surface area contributed by atoms with Gasteiger partial charge in [0.25, 0.3) is 0 Å². The molecule has 82 valence electrons. The fraction of sp³-hybridized carbons (Fsp3) is 0.417. The van der Waals surface area contributed by atoms with Crippen LogP contribution in [-0.2, 0) is 4.84 Å². The topological polar surface area (TPSA) is 47.6 Å². The molecule has 0 radical (unpaired) electrons. The molecular weight excluding hydrogens is 188 g/mol. The van der Waals surface area contributed by atoms with Crippen molar-refractivity contribution in [3.63, 3.8) is 0 Å². The van der Waals surface area contributed by atoms with Crippen LogP contribution < -0.4 is 5.73 Å². The molecule has 1 rings (SSSR count). The second kappa shape index (κ2) is 5.51. The zero-order valence-corrected chi connectivity index (χ0v) is 9.47. The Hall–Kier alpha value is -1.35. The Kier molecular flexibility index (Phi) is 4.31. The lowest BCUT2D eigenvalue weighted by molar-refractivity contribution is 0.211. The quantitative estimate of drug-likeness (QED) is 0.605. The van der Waals surface area contributed by atoms with Crippen molar-refractivity contribution < 1.29 is 4.84 Å². The molecular formula is C12H18N2O. The van der Waals surface area contributed by atoms with E-state index >= 15 is 0 Å². The van der Waals surface area contributed by atoms with Gasteiger partial charge < -0.3 is 10.6 Å². The average molecular weight is 206 g/mol. The number of benzene rings is 1. The zero-order valence-electron chi connectivity index (χ0n) is 9.47. The summed E-state index contributed by atoms with van der Waals surface area (Å²) in [5, 5.41) is 4.01. The Morgan fingerprint density at radius 1 is 1.27 bits per heavy atom. The minimum atomic E-state index is -0.104. The number of nitrogens with zero attached hydrogens (tertiary/aromatic N) is 1. The van der Waals surface area contributed by atoms with Gasteiger partial charge in [-0.15, -0.1) is 0 Å². The molecule has 0 saturated carbocycles. The van der Waals surface area contributed by atoms with Crippen LogP contribution in [0, 0.1) is 5.92 Å². The van der Waals surface area contributed by atoms with Crippen molar-refractivity contribution in [2.75, 3.05) is 7.11 Å². The Balaban J connectivity index is 2.99. The van der Waals surface area contributed by atoms with Crippen molar-refractivity contribution in [3.05, 3.63) is 35.9 Å². The average Bonchev–Trinajstić information content (AvgIpc) is 2.26. The molecule has 1 aromatic rings. The van der Waals surface area contributed by atoms with E-state index in [4.69, 9.17) is 10.6 Å². The lowest BCUT2D eigenvalue weighted by atomic mass is 9.95. The summed E-state index contributed by atoms with van der Waals surface area (Å²) in [6, 6.07) is 9.77. The van der Waals surface area contributed by atoms with Crippen molar-refractivity contribution in [1.29, 1.82) is 0 Å². The van der Waals surface area contributed by atoms with Crippen molar-refractivity contribution in [2.24, 2.45) is 16.8 Å². The van der Waals surface area contributed by atoms with Gasteiger partial charge in [0.15, 0.2) is 0 Å². The first-order valence-corrected chi connectivity index (χ1v) is 5.09. The van der Waals surface area contributed by atoms with Gasteiger partial charge >= 0.3 is 0 Å². The molecule has 0 aromatic heterocycles. The molecule has 0 spiro atoms. The Morgan fingerprint density at radius 3 is 2.33 bits per heavy atom. The highest BCUT2D eigenvalue weighted by Crippen LogP contribution is 2.10. The minimum absolute atomic E-state index is 0.104. The summed E-state index contributed by atoms with van der Waals surface area (Å²) in [4.78, 5) is 4.84. The van der Waals surface area contributed by atoms with Crippen molar-refractivity contribution in [2.45, 2.75) is 19.9 Å². The predicted octanol–water partition coefficient (Wildman–Crippen LogP) is 2.02. The normalized spacial score (nSPS) is 14.1. The van der Waals surface area contributed by atoms with E-state index in [1.165, 1.54) is 7.11 Å². The third-order valence-electron chi connectivity index (χ3n) is 2.29. The van der Waals surface area contributed by atoms with Crippen LogP contribution in [0.1, 0.15) is 19.4 Å². The van der Waals surface area contributed by atoms with Gasteiger partial charge in [-0.2, -0.15) is 0 Å². The summed E-state index contributed by atoms with van der Waals surface area (Å²) in [6.45, 7) is 4.14. The highest BCUT2D eigenvalue weighted by molar-refractivity contribution is 6.04. The first-order valence-electron chi connectivity index (χ1n) is 5.09. The number of rotatable bonds is 4. The molecule has 15 heavy (non-hydrogen) atoms. The Morgan fingerprint density at radius 2 is 1.87 bits per heavy atom. The van der Waals surface area contributed by atoms with E-state index in [1.54, 1.807) is 0 Å². The molecule has 1 unspecified atom stereocenters. The van der Waals surface area contributed by atoms with Gasteiger partial charge in [0.2, 0.25) is 0 Å². The maximum Gasteiger partial charge on any atom is 0.106 e. The molecule has 0 heterocycles. The van der Waals surface area contributed by atoms with E-state index in [9.17, 15) is 0 Å². The lowest BCUT2D eigenvalue weighted by Gasteiger charge is -2.17. The maximum atomic E-state index is 6.07. The van der Waals surface area contributed by atoms with E-state index in [2.05, 4.69) is 19.0 Å². The standard InChI is InChI=1S/C12H18N2O/c1-9(2)11(13)12(14-15-3)10-7-5-4-6-8-10/h4-9,11H,13H2,1-3H3/b14-12+. The van der Waals surface area contributed by atoms with Gasteiger partial charge in [0.05, 0.1) is 6.04 Å². The van der Waals surface area contributed by atoms with Crippen LogP contribution in [0.25, 0.3) is 0 Å². The molecule has 0 bridgehead atoms. The van der Waals surface area contributed by atoms with Crippen molar-refractivity contribution in [3.8, 4) is 0 Å². The van der Waals surface area contributed by atoms with E-state index in [-0.39, 0.29) is 6.04 Å². The molecule has 3 nitrogen and oxygen atoms in total. The molecule has 2 N–H and O–H groups in total. The van der Waals surface area contributed by atoms with Crippen LogP contribution in [0.4, 0.5) is 0 Å². The first kappa shape index (κ1) is 11.7. The van der Waals surface area contributed by atoms with E-state index in [1.807, 2.05) is 30.3 Å². The number of oxime groups is 1. The molecule has 1 atom stereocenters. The van der Waals surface area contributed by atoms with Crippen LogP contribution in [0.2, 0.25) is 0 Å². The highest BCUT2D eigenvalue weighted by atomic mass is 16.6. The lowest BCUT2D eigenvalue weighted by Crippen LogP contribution is -2.36. The summed E-state index contributed by atoms with van der Waals surface area (Å²) >= 11 is 0. The van der Waals surface area contributed by atoms with Gasteiger partial charge in [-0.3, -0.25) is 0 Å². The maximum absolute atomic E-state index is 6.07. The molecule has 0 aliphatic rings. The van der Waals surface area contributed by atoms with Gasteiger partial charge in [-0.05, 0) is 5.92 Å². The minimum Gasteiger partial charge on any atom is -0.399 e. The highest BCUT2D eigenvalue weighted by Gasteiger charge is 2.17. The number of nitrogens with two attached hydrogens (primary N) is 1. The summed E-state index contributed by atoms with van der Waals surface area (Å²) in [5.74, 6) is 0.333. The van der Waals surface area contributed by atoms with Gasteiger partial charge in [-0.1, -0.05) is 49.3 Å². The number of hydrogen-bond donors (Lipinski definition) is 1. The Labute approximate surface area is 90.9 Å². The third kappa shape index (κ3) is 3.06. The fourth-order valence-electron chi connectivity index (χ4n) is 1.33. The largest absolute Gasteiger partial charge is 0.399 e. The van der Waals surface area contributed by atoms with Crippen LogP contribution in [0.3, 0.4) is 0 Å².